The topological polar surface area (TPSA) is 12.5 Å². The van der Waals surface area contributed by atoms with Crippen molar-refractivity contribution in [3.8, 4) is 0 Å². The van der Waals surface area contributed by atoms with Gasteiger partial charge >= 0.3 is 0 Å². The number of benzene rings is 1. The molecule has 1 saturated heterocycles. The fourth-order valence-electron chi connectivity index (χ4n) is 2.18. The quantitative estimate of drug-likeness (QED) is 0.734. The van der Waals surface area contributed by atoms with Gasteiger partial charge < -0.3 is 9.64 Å². The molecule has 0 spiro atoms. The normalized spacial score (nSPS) is 25.8. The van der Waals surface area contributed by atoms with Gasteiger partial charge in [-0.05, 0) is 44.4 Å². The Kier molecular flexibility index (Phi) is 3.77. The Hall–Kier alpha value is -0.670. The van der Waals surface area contributed by atoms with Gasteiger partial charge in [-0.3, -0.25) is 0 Å². The smallest absolute Gasteiger partial charge is 0.0726 e. The van der Waals surface area contributed by atoms with Crippen molar-refractivity contribution in [2.24, 2.45) is 0 Å². The first-order chi connectivity index (χ1) is 7.69. The van der Waals surface area contributed by atoms with E-state index in [1.807, 2.05) is 0 Å². The summed E-state index contributed by atoms with van der Waals surface area (Å²) in [6, 6.07) is 8.78. The van der Waals surface area contributed by atoms with Crippen molar-refractivity contribution in [2.45, 2.75) is 31.0 Å². The summed E-state index contributed by atoms with van der Waals surface area (Å²) < 4.78 is 5.74. The second-order valence-corrected chi connectivity index (χ2v) is 5.24. The number of nitrogens with zero attached hydrogens (tertiary/aromatic N) is 1. The Morgan fingerprint density at radius 3 is 2.19 bits per heavy atom. The van der Waals surface area contributed by atoms with Crippen molar-refractivity contribution in [1.82, 2.24) is 0 Å². The zero-order chi connectivity index (χ0) is 11.5. The van der Waals surface area contributed by atoms with Crippen LogP contribution in [0, 0.1) is 0 Å². The molecule has 0 amide bonds. The summed E-state index contributed by atoms with van der Waals surface area (Å²) in [5.74, 6) is 0. The molecule has 1 heterocycles. The van der Waals surface area contributed by atoms with Crippen LogP contribution in [-0.4, -0.2) is 31.6 Å². The van der Waals surface area contributed by atoms with E-state index in [0.717, 1.165) is 13.1 Å². The minimum atomic E-state index is 0.323. The van der Waals surface area contributed by atoms with Gasteiger partial charge in [-0.25, -0.2) is 0 Å². The first-order valence-corrected chi connectivity index (χ1v) is 6.96. The molecule has 0 aliphatic carbocycles. The molecule has 88 valence electrons. The van der Waals surface area contributed by atoms with Crippen molar-refractivity contribution >= 4 is 17.4 Å². The maximum Gasteiger partial charge on any atom is 0.0726 e. The highest BCUT2D eigenvalue weighted by Crippen LogP contribution is 2.23. The molecule has 16 heavy (non-hydrogen) atoms. The number of ether oxygens (including phenoxy) is 1. The van der Waals surface area contributed by atoms with Crippen LogP contribution in [0.4, 0.5) is 5.69 Å². The molecule has 0 bridgehead atoms. The van der Waals surface area contributed by atoms with Crippen molar-refractivity contribution in [1.29, 1.82) is 0 Å². The van der Waals surface area contributed by atoms with E-state index < -0.39 is 0 Å². The fourth-order valence-corrected chi connectivity index (χ4v) is 2.59. The molecule has 0 N–H and O–H groups in total. The molecule has 0 radical (unpaired) electrons. The predicted molar refractivity (Wildman–Crippen MR) is 70.4 cm³/mol. The summed E-state index contributed by atoms with van der Waals surface area (Å²) in [7, 11) is 0. The third-order valence-corrected chi connectivity index (χ3v) is 3.60. The van der Waals surface area contributed by atoms with E-state index >= 15 is 0 Å². The first kappa shape index (κ1) is 11.8. The lowest BCUT2D eigenvalue weighted by molar-refractivity contribution is -0.00521. The standard InChI is InChI=1S/C13H19NOS/c1-10-8-14(9-11(2)15-10)12-4-6-13(16-3)7-5-12/h4-7,10-11H,8-9H2,1-3H3. The molecule has 2 atom stereocenters. The molecule has 2 rings (SSSR count). The highest BCUT2D eigenvalue weighted by Gasteiger charge is 2.22. The van der Waals surface area contributed by atoms with Crippen LogP contribution in [0.1, 0.15) is 13.8 Å². The molecule has 0 aromatic heterocycles. The van der Waals surface area contributed by atoms with Gasteiger partial charge in [-0.1, -0.05) is 0 Å². The van der Waals surface area contributed by atoms with Gasteiger partial charge in [0.15, 0.2) is 0 Å². The van der Waals surface area contributed by atoms with Crippen LogP contribution < -0.4 is 4.90 Å². The highest BCUT2D eigenvalue weighted by atomic mass is 32.2. The van der Waals surface area contributed by atoms with Crippen LogP contribution in [0.15, 0.2) is 29.2 Å². The lowest BCUT2D eigenvalue weighted by Crippen LogP contribution is -2.45. The summed E-state index contributed by atoms with van der Waals surface area (Å²) in [5, 5.41) is 0. The number of hydrogen-bond acceptors (Lipinski definition) is 3. The van der Waals surface area contributed by atoms with Crippen LogP contribution in [0.5, 0.6) is 0 Å². The van der Waals surface area contributed by atoms with E-state index in [4.69, 9.17) is 4.74 Å². The molecule has 1 aromatic rings. The summed E-state index contributed by atoms with van der Waals surface area (Å²) >= 11 is 1.78. The van der Waals surface area contributed by atoms with Crippen LogP contribution >= 0.6 is 11.8 Å². The summed E-state index contributed by atoms with van der Waals surface area (Å²) in [5.41, 5.74) is 1.31. The number of thioether (sulfide) groups is 1. The van der Waals surface area contributed by atoms with E-state index in [9.17, 15) is 0 Å². The maximum absolute atomic E-state index is 5.74. The van der Waals surface area contributed by atoms with Gasteiger partial charge in [0.2, 0.25) is 0 Å². The summed E-state index contributed by atoms with van der Waals surface area (Å²) in [4.78, 5) is 3.72. The van der Waals surface area contributed by atoms with Gasteiger partial charge in [0, 0.05) is 23.7 Å². The molecule has 2 nitrogen and oxygen atoms in total. The molecule has 1 fully saturated rings. The average molecular weight is 237 g/mol. The summed E-state index contributed by atoms with van der Waals surface area (Å²) in [6.07, 6.45) is 2.75. The van der Waals surface area contributed by atoms with E-state index in [2.05, 4.69) is 49.3 Å². The predicted octanol–water partition coefficient (Wildman–Crippen LogP) is 3.02. The molecule has 1 aliphatic rings. The van der Waals surface area contributed by atoms with E-state index in [0.29, 0.717) is 12.2 Å². The van der Waals surface area contributed by atoms with Crippen LogP contribution in [-0.2, 0) is 4.74 Å². The molecule has 0 saturated carbocycles. The average Bonchev–Trinajstić information content (AvgIpc) is 2.28. The van der Waals surface area contributed by atoms with Gasteiger partial charge in [-0.2, -0.15) is 0 Å². The lowest BCUT2D eigenvalue weighted by Gasteiger charge is -2.36. The van der Waals surface area contributed by atoms with Crippen LogP contribution in [0.2, 0.25) is 0 Å². The Labute approximate surface area is 102 Å². The summed E-state index contributed by atoms with van der Waals surface area (Å²) in [6.45, 7) is 6.25. The van der Waals surface area contributed by atoms with Crippen molar-refractivity contribution in [3.05, 3.63) is 24.3 Å². The Morgan fingerprint density at radius 1 is 1.12 bits per heavy atom. The monoisotopic (exact) mass is 237 g/mol. The van der Waals surface area contributed by atoms with Gasteiger partial charge in [0.25, 0.3) is 0 Å². The second kappa shape index (κ2) is 5.11. The molecular formula is C13H19NOS. The third kappa shape index (κ3) is 2.71. The largest absolute Gasteiger partial charge is 0.372 e. The Bertz CT molecular complexity index is 328. The SMILES string of the molecule is CSc1ccc(N2CC(C)OC(C)C2)cc1. The zero-order valence-electron chi connectivity index (χ0n) is 10.1. The van der Waals surface area contributed by atoms with Gasteiger partial charge in [0.05, 0.1) is 12.2 Å². The van der Waals surface area contributed by atoms with E-state index in [-0.39, 0.29) is 0 Å². The molecule has 1 aliphatic heterocycles. The molecule has 1 aromatic carbocycles. The van der Waals surface area contributed by atoms with Gasteiger partial charge in [0.1, 0.15) is 0 Å². The minimum absolute atomic E-state index is 0.323. The lowest BCUT2D eigenvalue weighted by atomic mass is 10.2. The number of hydrogen-bond donors (Lipinski definition) is 0. The highest BCUT2D eigenvalue weighted by molar-refractivity contribution is 7.98. The van der Waals surface area contributed by atoms with Crippen LogP contribution in [0.3, 0.4) is 0 Å². The Balaban J connectivity index is 2.10. The van der Waals surface area contributed by atoms with E-state index in [1.54, 1.807) is 11.8 Å². The minimum Gasteiger partial charge on any atom is -0.372 e. The van der Waals surface area contributed by atoms with Crippen molar-refractivity contribution in [2.75, 3.05) is 24.2 Å². The van der Waals surface area contributed by atoms with Gasteiger partial charge in [-0.15, -0.1) is 11.8 Å². The van der Waals surface area contributed by atoms with Crippen molar-refractivity contribution < 1.29 is 4.74 Å². The fraction of sp³-hybridized carbons (Fsp3) is 0.538. The number of anilines is 1. The Morgan fingerprint density at radius 2 is 1.69 bits per heavy atom. The second-order valence-electron chi connectivity index (χ2n) is 4.36. The van der Waals surface area contributed by atoms with Crippen LogP contribution in [0.25, 0.3) is 0 Å². The maximum atomic E-state index is 5.74. The van der Waals surface area contributed by atoms with Crippen molar-refractivity contribution in [3.63, 3.8) is 0 Å². The van der Waals surface area contributed by atoms with E-state index in [1.165, 1.54) is 10.6 Å². The third-order valence-electron chi connectivity index (χ3n) is 2.86. The number of morpholine rings is 1. The first-order valence-electron chi connectivity index (χ1n) is 5.73. The number of rotatable bonds is 2. The molecule has 3 heteroatoms. The molecular weight excluding hydrogens is 218 g/mol. The molecule has 2 unspecified atom stereocenters. The zero-order valence-corrected chi connectivity index (χ0v) is 11.0.